The summed E-state index contributed by atoms with van der Waals surface area (Å²) in [6.07, 6.45) is 3.04. The number of anilines is 1. The highest BCUT2D eigenvalue weighted by Gasteiger charge is 2.06. The Labute approximate surface area is 95.0 Å². The molecule has 0 aliphatic rings. The van der Waals surface area contributed by atoms with E-state index in [1.54, 1.807) is 6.92 Å². The maximum atomic E-state index is 11.2. The van der Waals surface area contributed by atoms with Crippen molar-refractivity contribution in [2.75, 3.05) is 30.5 Å². The third-order valence-corrected chi connectivity index (χ3v) is 3.71. The summed E-state index contributed by atoms with van der Waals surface area (Å²) in [5.41, 5.74) is 0. The second-order valence-corrected chi connectivity index (χ2v) is 5.58. The van der Waals surface area contributed by atoms with E-state index >= 15 is 0 Å². The van der Waals surface area contributed by atoms with Crippen molar-refractivity contribution in [1.29, 1.82) is 0 Å². The molecule has 1 heterocycles. The van der Waals surface area contributed by atoms with Crippen LogP contribution >= 0.6 is 0 Å². The van der Waals surface area contributed by atoms with Crippen LogP contribution in [0.25, 0.3) is 0 Å². The van der Waals surface area contributed by atoms with Gasteiger partial charge in [0, 0.05) is 12.3 Å². The molecular weight excluding hydrogens is 230 g/mol. The van der Waals surface area contributed by atoms with Crippen LogP contribution in [0.3, 0.4) is 0 Å². The highest BCUT2D eigenvalue weighted by molar-refractivity contribution is 7.91. The molecule has 0 saturated carbocycles. The molecule has 0 aromatic carbocycles. The molecule has 0 radical (unpaired) electrons. The van der Waals surface area contributed by atoms with E-state index < -0.39 is 9.84 Å². The smallest absolute Gasteiger partial charge is 0.222 e. The molecule has 0 atom stereocenters. The number of hydrogen-bond acceptors (Lipinski definition) is 6. The molecule has 1 aromatic heterocycles. The molecule has 0 bridgehead atoms. The molecule has 0 unspecified atom stereocenters. The molecule has 1 aromatic rings. The van der Waals surface area contributed by atoms with Crippen LogP contribution in [0.2, 0.25) is 0 Å². The Morgan fingerprint density at radius 1 is 1.38 bits per heavy atom. The summed E-state index contributed by atoms with van der Waals surface area (Å²) in [6.45, 7) is 1.93. The van der Waals surface area contributed by atoms with Gasteiger partial charge >= 0.3 is 0 Å². The van der Waals surface area contributed by atoms with E-state index in [1.807, 2.05) is 0 Å². The highest BCUT2D eigenvalue weighted by Crippen LogP contribution is 2.06. The summed E-state index contributed by atoms with van der Waals surface area (Å²) in [5, 5.41) is 2.83. The molecule has 16 heavy (non-hydrogen) atoms. The Hall–Kier alpha value is -1.37. The fraction of sp³-hybridized carbons (Fsp3) is 0.556. The average Bonchev–Trinajstić information content (AvgIpc) is 2.30. The van der Waals surface area contributed by atoms with Crippen LogP contribution in [0.15, 0.2) is 12.4 Å². The summed E-state index contributed by atoms with van der Waals surface area (Å²) in [4.78, 5) is 7.91. The minimum Gasteiger partial charge on any atom is -0.494 e. The van der Waals surface area contributed by atoms with E-state index in [0.717, 1.165) is 0 Å². The lowest BCUT2D eigenvalue weighted by atomic mass is 10.6. The summed E-state index contributed by atoms with van der Waals surface area (Å²) in [5.74, 6) is 1.19. The van der Waals surface area contributed by atoms with Crippen LogP contribution in [0.1, 0.15) is 6.92 Å². The van der Waals surface area contributed by atoms with Crippen molar-refractivity contribution in [2.45, 2.75) is 6.92 Å². The van der Waals surface area contributed by atoms with Crippen molar-refractivity contribution in [1.82, 2.24) is 9.97 Å². The first-order valence-corrected chi connectivity index (χ1v) is 6.70. The molecule has 0 amide bonds. The first kappa shape index (κ1) is 12.7. The van der Waals surface area contributed by atoms with E-state index in [4.69, 9.17) is 4.74 Å². The van der Waals surface area contributed by atoms with E-state index in [0.29, 0.717) is 18.2 Å². The van der Waals surface area contributed by atoms with Crippen LogP contribution in [0.4, 0.5) is 5.95 Å². The summed E-state index contributed by atoms with van der Waals surface area (Å²) >= 11 is 0. The van der Waals surface area contributed by atoms with E-state index in [2.05, 4.69) is 15.3 Å². The summed E-state index contributed by atoms with van der Waals surface area (Å²) in [6, 6.07) is 0. The predicted molar refractivity (Wildman–Crippen MR) is 61.4 cm³/mol. The normalized spacial score (nSPS) is 11.1. The minimum absolute atomic E-state index is 0.0822. The van der Waals surface area contributed by atoms with Gasteiger partial charge in [0.1, 0.15) is 0 Å². The fourth-order valence-corrected chi connectivity index (χ4v) is 1.68. The van der Waals surface area contributed by atoms with E-state index in [-0.39, 0.29) is 11.5 Å². The Morgan fingerprint density at radius 3 is 2.50 bits per heavy atom. The highest BCUT2D eigenvalue weighted by atomic mass is 32.2. The molecule has 0 aliphatic heterocycles. The largest absolute Gasteiger partial charge is 0.494 e. The Morgan fingerprint density at radius 2 is 2.00 bits per heavy atom. The molecule has 0 aliphatic carbocycles. The lowest BCUT2D eigenvalue weighted by Gasteiger charge is -2.05. The number of aromatic nitrogens is 2. The standard InChI is InChI=1S/C9H15N3O3S/c1-3-16(13,14)5-4-10-9-11-6-8(15-2)7-12-9/h6-7H,3-5H2,1-2H3,(H,10,11,12). The number of methoxy groups -OCH3 is 1. The second-order valence-electron chi connectivity index (χ2n) is 3.11. The van der Waals surface area contributed by atoms with Crippen LogP contribution in [-0.2, 0) is 9.84 Å². The molecule has 1 rings (SSSR count). The maximum Gasteiger partial charge on any atom is 0.222 e. The number of nitrogens with zero attached hydrogens (tertiary/aromatic N) is 2. The van der Waals surface area contributed by atoms with Crippen LogP contribution in [0, 0.1) is 0 Å². The lowest BCUT2D eigenvalue weighted by Crippen LogP contribution is -2.18. The SMILES string of the molecule is CCS(=O)(=O)CCNc1ncc(OC)cn1. The zero-order chi connectivity index (χ0) is 12.0. The average molecular weight is 245 g/mol. The lowest BCUT2D eigenvalue weighted by molar-refractivity contribution is 0.411. The molecule has 1 N–H and O–H groups in total. The van der Waals surface area contributed by atoms with Crippen molar-refractivity contribution in [3.63, 3.8) is 0 Å². The zero-order valence-corrected chi connectivity index (χ0v) is 10.1. The van der Waals surface area contributed by atoms with Gasteiger partial charge in [-0.15, -0.1) is 0 Å². The van der Waals surface area contributed by atoms with Crippen molar-refractivity contribution < 1.29 is 13.2 Å². The first-order valence-electron chi connectivity index (χ1n) is 4.87. The topological polar surface area (TPSA) is 81.2 Å². The van der Waals surface area contributed by atoms with Gasteiger partial charge in [0.05, 0.1) is 25.3 Å². The van der Waals surface area contributed by atoms with Gasteiger partial charge in [-0.05, 0) is 0 Å². The summed E-state index contributed by atoms with van der Waals surface area (Å²) < 4.78 is 27.3. The Balaban J connectivity index is 2.43. The van der Waals surface area contributed by atoms with Gasteiger partial charge in [-0.1, -0.05) is 6.92 Å². The second kappa shape index (κ2) is 5.64. The number of nitrogens with one attached hydrogen (secondary N) is 1. The van der Waals surface area contributed by atoms with Gasteiger partial charge in [-0.2, -0.15) is 0 Å². The number of rotatable bonds is 6. The quantitative estimate of drug-likeness (QED) is 0.778. The summed E-state index contributed by atoms with van der Waals surface area (Å²) in [7, 11) is -1.42. The van der Waals surface area contributed by atoms with Gasteiger partial charge in [0.25, 0.3) is 0 Å². The van der Waals surface area contributed by atoms with Crippen LogP contribution in [-0.4, -0.2) is 43.5 Å². The first-order chi connectivity index (χ1) is 7.57. The monoisotopic (exact) mass is 245 g/mol. The third kappa shape index (κ3) is 4.01. The van der Waals surface area contributed by atoms with Gasteiger partial charge in [-0.25, -0.2) is 18.4 Å². The van der Waals surface area contributed by atoms with Crippen molar-refractivity contribution in [3.8, 4) is 5.75 Å². The Bertz CT molecular complexity index is 416. The number of ether oxygens (including phenoxy) is 1. The van der Waals surface area contributed by atoms with Crippen LogP contribution < -0.4 is 10.1 Å². The van der Waals surface area contributed by atoms with Crippen molar-refractivity contribution in [2.24, 2.45) is 0 Å². The fourth-order valence-electron chi connectivity index (χ4n) is 0.976. The van der Waals surface area contributed by atoms with Gasteiger partial charge in [0.2, 0.25) is 5.95 Å². The van der Waals surface area contributed by atoms with Crippen LogP contribution in [0.5, 0.6) is 5.75 Å². The molecule has 0 spiro atoms. The Kier molecular flexibility index (Phi) is 4.48. The molecule has 7 heteroatoms. The predicted octanol–water partition coefficient (Wildman–Crippen LogP) is 0.332. The van der Waals surface area contributed by atoms with E-state index in [9.17, 15) is 8.42 Å². The molecule has 0 fully saturated rings. The number of sulfone groups is 1. The van der Waals surface area contributed by atoms with Gasteiger partial charge in [-0.3, -0.25) is 0 Å². The van der Waals surface area contributed by atoms with E-state index in [1.165, 1.54) is 19.5 Å². The maximum absolute atomic E-state index is 11.2. The van der Waals surface area contributed by atoms with Gasteiger partial charge in [0.15, 0.2) is 15.6 Å². The van der Waals surface area contributed by atoms with Gasteiger partial charge < -0.3 is 10.1 Å². The van der Waals surface area contributed by atoms with Crippen molar-refractivity contribution >= 4 is 15.8 Å². The molecule has 6 nitrogen and oxygen atoms in total. The molecule has 0 saturated heterocycles. The molecule has 90 valence electrons. The third-order valence-electron chi connectivity index (χ3n) is 2.00. The zero-order valence-electron chi connectivity index (χ0n) is 9.30. The molecular formula is C9H15N3O3S. The minimum atomic E-state index is -2.95. The number of hydrogen-bond donors (Lipinski definition) is 1. The van der Waals surface area contributed by atoms with Crippen molar-refractivity contribution in [3.05, 3.63) is 12.4 Å².